The molecule has 0 amide bonds. The van der Waals surface area contributed by atoms with Crippen molar-refractivity contribution < 1.29 is 4.84 Å². The van der Waals surface area contributed by atoms with Crippen molar-refractivity contribution in [2.45, 2.75) is 6.61 Å². The Morgan fingerprint density at radius 1 is 1.26 bits per heavy atom. The molecule has 0 fully saturated rings. The Morgan fingerprint density at radius 3 is 2.95 bits per heavy atom. The number of benzene rings is 1. The standard InChI is InChI=1S/C13H13N5O/c1-18-9-16-12(11-13(18)15-8-14-11)17-19-7-10-5-3-2-4-6-10/h2-6,8-9H,7H2,1H3,(H,14,15)/b17-12+. The van der Waals surface area contributed by atoms with Crippen molar-refractivity contribution in [3.8, 4) is 0 Å². The molecule has 1 N–H and O–H groups in total. The molecule has 19 heavy (non-hydrogen) atoms. The molecule has 2 aromatic heterocycles. The maximum absolute atomic E-state index is 5.33. The van der Waals surface area contributed by atoms with E-state index < -0.39 is 0 Å². The molecule has 3 aromatic rings. The summed E-state index contributed by atoms with van der Waals surface area (Å²) in [5.41, 5.74) is 3.12. The molecule has 0 aliphatic heterocycles. The fraction of sp³-hybridized carbons (Fsp3) is 0.154. The van der Waals surface area contributed by atoms with Crippen LogP contribution in [0.2, 0.25) is 0 Å². The monoisotopic (exact) mass is 255 g/mol. The maximum Gasteiger partial charge on any atom is 0.220 e. The second kappa shape index (κ2) is 4.93. The Morgan fingerprint density at radius 2 is 2.11 bits per heavy atom. The normalized spacial score (nSPS) is 11.9. The van der Waals surface area contributed by atoms with Crippen LogP contribution in [-0.4, -0.2) is 19.5 Å². The summed E-state index contributed by atoms with van der Waals surface area (Å²) in [7, 11) is 1.88. The highest BCUT2D eigenvalue weighted by Crippen LogP contribution is 2.02. The Kier molecular flexibility index (Phi) is 2.97. The van der Waals surface area contributed by atoms with Gasteiger partial charge in [-0.1, -0.05) is 35.5 Å². The molecule has 6 heteroatoms. The lowest BCUT2D eigenvalue weighted by Crippen LogP contribution is -2.13. The summed E-state index contributed by atoms with van der Waals surface area (Å²) in [6.07, 6.45) is 3.27. The molecular formula is C13H13N5O. The topological polar surface area (TPSA) is 68.1 Å². The number of fused-ring (bicyclic) bond motifs is 1. The number of imidazole rings is 1. The van der Waals surface area contributed by atoms with Gasteiger partial charge in [0.25, 0.3) is 0 Å². The van der Waals surface area contributed by atoms with Crippen molar-refractivity contribution in [3.63, 3.8) is 0 Å². The first kappa shape index (κ1) is 11.5. The molecule has 1 aromatic carbocycles. The van der Waals surface area contributed by atoms with Crippen LogP contribution in [0, 0.1) is 0 Å². The highest BCUT2D eigenvalue weighted by atomic mass is 16.6. The van der Waals surface area contributed by atoms with Gasteiger partial charge in [-0.25, -0.2) is 9.97 Å². The van der Waals surface area contributed by atoms with Gasteiger partial charge in [0, 0.05) is 7.05 Å². The van der Waals surface area contributed by atoms with Crippen LogP contribution in [0.15, 0.2) is 48.1 Å². The van der Waals surface area contributed by atoms with Crippen molar-refractivity contribution in [1.82, 2.24) is 19.5 Å². The smallest absolute Gasteiger partial charge is 0.220 e. The van der Waals surface area contributed by atoms with E-state index in [0.717, 1.165) is 16.7 Å². The highest BCUT2D eigenvalue weighted by molar-refractivity contribution is 5.68. The molecule has 0 spiro atoms. The molecular weight excluding hydrogens is 242 g/mol. The van der Waals surface area contributed by atoms with E-state index in [-0.39, 0.29) is 0 Å². The summed E-state index contributed by atoms with van der Waals surface area (Å²) in [4.78, 5) is 16.7. The first-order valence-electron chi connectivity index (χ1n) is 5.89. The van der Waals surface area contributed by atoms with Gasteiger partial charge in [0.1, 0.15) is 12.1 Å². The average Bonchev–Trinajstić information content (AvgIpc) is 2.93. The first-order valence-corrected chi connectivity index (χ1v) is 5.89. The number of hydrogen-bond acceptors (Lipinski definition) is 4. The quantitative estimate of drug-likeness (QED) is 0.718. The Hall–Kier alpha value is -2.63. The third-order valence-corrected chi connectivity index (χ3v) is 2.76. The summed E-state index contributed by atoms with van der Waals surface area (Å²) in [5.74, 6) is 0. The molecule has 0 aliphatic rings. The molecule has 0 aliphatic carbocycles. The number of H-pyrrole nitrogens is 1. The largest absolute Gasteiger partial charge is 0.389 e. The van der Waals surface area contributed by atoms with E-state index in [4.69, 9.17) is 4.84 Å². The van der Waals surface area contributed by atoms with Crippen LogP contribution in [0.3, 0.4) is 0 Å². The second-order valence-corrected chi connectivity index (χ2v) is 4.13. The summed E-state index contributed by atoms with van der Waals surface area (Å²) >= 11 is 0. The minimum absolute atomic E-state index is 0.416. The number of aromatic nitrogens is 4. The van der Waals surface area contributed by atoms with E-state index in [2.05, 4.69) is 20.1 Å². The third kappa shape index (κ3) is 2.33. The molecule has 96 valence electrons. The van der Waals surface area contributed by atoms with Crippen molar-refractivity contribution in [3.05, 3.63) is 54.0 Å². The lowest BCUT2D eigenvalue weighted by atomic mass is 10.2. The zero-order chi connectivity index (χ0) is 13.1. The molecule has 0 atom stereocenters. The average molecular weight is 255 g/mol. The van der Waals surface area contributed by atoms with Gasteiger partial charge in [-0.15, -0.1) is 0 Å². The van der Waals surface area contributed by atoms with E-state index in [1.54, 1.807) is 12.7 Å². The number of nitrogens with zero attached hydrogens (tertiary/aromatic N) is 4. The Labute approximate surface area is 109 Å². The number of aromatic amines is 1. The van der Waals surface area contributed by atoms with Gasteiger partial charge in [0.15, 0.2) is 5.65 Å². The molecule has 2 heterocycles. The van der Waals surface area contributed by atoms with Crippen molar-refractivity contribution in [2.75, 3.05) is 0 Å². The molecule has 6 nitrogen and oxygen atoms in total. The predicted molar refractivity (Wildman–Crippen MR) is 69.7 cm³/mol. The van der Waals surface area contributed by atoms with E-state index in [1.165, 1.54) is 0 Å². The Bertz CT molecular complexity index is 744. The molecule has 0 bridgehead atoms. The summed E-state index contributed by atoms with van der Waals surface area (Å²) in [6.45, 7) is 0.416. The minimum Gasteiger partial charge on any atom is -0.389 e. The van der Waals surface area contributed by atoms with Crippen LogP contribution in [0.5, 0.6) is 0 Å². The van der Waals surface area contributed by atoms with Crippen LogP contribution < -0.4 is 5.49 Å². The SMILES string of the molecule is Cn1cn/c(=N/OCc2ccccc2)c2[nH]cnc21. The fourth-order valence-electron chi connectivity index (χ4n) is 1.79. The van der Waals surface area contributed by atoms with Gasteiger partial charge in [-0.3, -0.25) is 0 Å². The number of rotatable bonds is 3. The molecule has 0 saturated heterocycles. The van der Waals surface area contributed by atoms with Crippen LogP contribution in [0.1, 0.15) is 5.56 Å². The van der Waals surface area contributed by atoms with Gasteiger partial charge in [-0.2, -0.15) is 0 Å². The fourth-order valence-corrected chi connectivity index (χ4v) is 1.79. The molecule has 0 radical (unpaired) electrons. The van der Waals surface area contributed by atoms with E-state index in [9.17, 15) is 0 Å². The van der Waals surface area contributed by atoms with Crippen LogP contribution in [-0.2, 0) is 18.5 Å². The van der Waals surface area contributed by atoms with Crippen LogP contribution in [0.25, 0.3) is 11.2 Å². The van der Waals surface area contributed by atoms with Crippen LogP contribution >= 0.6 is 0 Å². The zero-order valence-corrected chi connectivity index (χ0v) is 10.4. The number of hydrogen-bond donors (Lipinski definition) is 1. The first-order chi connectivity index (χ1) is 9.34. The van der Waals surface area contributed by atoms with Gasteiger partial charge in [0.2, 0.25) is 5.49 Å². The van der Waals surface area contributed by atoms with Gasteiger partial charge < -0.3 is 14.4 Å². The van der Waals surface area contributed by atoms with E-state index in [0.29, 0.717) is 12.1 Å². The summed E-state index contributed by atoms with van der Waals surface area (Å²) < 4.78 is 1.82. The maximum atomic E-state index is 5.33. The number of aryl methyl sites for hydroxylation is 1. The van der Waals surface area contributed by atoms with Crippen molar-refractivity contribution in [1.29, 1.82) is 0 Å². The highest BCUT2D eigenvalue weighted by Gasteiger charge is 2.02. The van der Waals surface area contributed by atoms with Gasteiger partial charge in [0.05, 0.1) is 12.7 Å². The lowest BCUT2D eigenvalue weighted by molar-refractivity contribution is 0.119. The second-order valence-electron chi connectivity index (χ2n) is 4.13. The predicted octanol–water partition coefficient (Wildman–Crippen LogP) is 1.33. The molecule has 0 unspecified atom stereocenters. The van der Waals surface area contributed by atoms with Crippen molar-refractivity contribution in [2.24, 2.45) is 12.2 Å². The number of nitrogens with one attached hydrogen (secondary N) is 1. The summed E-state index contributed by atoms with van der Waals surface area (Å²) in [6, 6.07) is 9.87. The summed E-state index contributed by atoms with van der Waals surface area (Å²) in [5, 5.41) is 4.05. The third-order valence-electron chi connectivity index (χ3n) is 2.76. The lowest BCUT2D eigenvalue weighted by Gasteiger charge is -2.00. The van der Waals surface area contributed by atoms with Gasteiger partial charge >= 0.3 is 0 Å². The minimum atomic E-state index is 0.416. The van der Waals surface area contributed by atoms with E-state index >= 15 is 0 Å². The van der Waals surface area contributed by atoms with Gasteiger partial charge in [-0.05, 0) is 5.56 Å². The molecule has 0 saturated carbocycles. The van der Waals surface area contributed by atoms with Crippen LogP contribution in [0.4, 0.5) is 0 Å². The Balaban J connectivity index is 1.86. The van der Waals surface area contributed by atoms with E-state index in [1.807, 2.05) is 41.9 Å². The van der Waals surface area contributed by atoms with Crippen molar-refractivity contribution >= 4 is 11.2 Å². The zero-order valence-electron chi connectivity index (χ0n) is 10.4. The molecule has 3 rings (SSSR count).